The molecule has 2 aromatic carbocycles. The van der Waals surface area contributed by atoms with Gasteiger partial charge in [-0.2, -0.15) is 0 Å². The molecule has 0 spiro atoms. The molecule has 208 valence electrons. The van der Waals surface area contributed by atoms with Gasteiger partial charge in [-0.05, 0) is 55.0 Å². The van der Waals surface area contributed by atoms with E-state index in [1.165, 1.54) is 0 Å². The zero-order valence-corrected chi connectivity index (χ0v) is 22.6. The number of nitrogens with zero attached hydrogens (tertiary/aromatic N) is 4. The summed E-state index contributed by atoms with van der Waals surface area (Å²) in [6.45, 7) is 3.59. The predicted molar refractivity (Wildman–Crippen MR) is 151 cm³/mol. The van der Waals surface area contributed by atoms with Gasteiger partial charge in [-0.1, -0.05) is 24.3 Å². The van der Waals surface area contributed by atoms with Gasteiger partial charge in [-0.3, -0.25) is 0 Å². The summed E-state index contributed by atoms with van der Waals surface area (Å²) >= 11 is 0. The van der Waals surface area contributed by atoms with Crippen LogP contribution in [0.3, 0.4) is 0 Å². The molecule has 3 aromatic heterocycles. The van der Waals surface area contributed by atoms with Crippen LogP contribution in [0.15, 0.2) is 93.0 Å². The average molecular weight is 553 g/mol. The molecule has 0 aliphatic carbocycles. The van der Waals surface area contributed by atoms with Crippen molar-refractivity contribution >= 4 is 12.0 Å². The zero-order chi connectivity index (χ0) is 28.0. The molecule has 0 amide bonds. The van der Waals surface area contributed by atoms with Crippen molar-refractivity contribution in [2.45, 2.75) is 20.1 Å². The highest BCUT2D eigenvalue weighted by molar-refractivity contribution is 5.92. The number of aromatic nitrogens is 3. The Hall–Kier alpha value is -5.25. The van der Waals surface area contributed by atoms with E-state index in [0.717, 1.165) is 16.8 Å². The van der Waals surface area contributed by atoms with E-state index in [-0.39, 0.29) is 13.2 Å². The fourth-order valence-corrected chi connectivity index (χ4v) is 4.21. The lowest BCUT2D eigenvalue weighted by Gasteiger charge is -2.12. The van der Waals surface area contributed by atoms with Crippen LogP contribution in [0.1, 0.15) is 22.6 Å². The maximum Gasteiger partial charge on any atom is 0.263 e. The monoisotopic (exact) mass is 552 g/mol. The Kier molecular flexibility index (Phi) is 7.53. The largest absolute Gasteiger partial charge is 0.493 e. The highest BCUT2D eigenvalue weighted by Gasteiger charge is 2.16. The van der Waals surface area contributed by atoms with Crippen molar-refractivity contribution in [2.75, 3.05) is 20.3 Å². The van der Waals surface area contributed by atoms with Gasteiger partial charge in [0.15, 0.2) is 17.3 Å². The second kappa shape index (κ2) is 11.9. The Labute approximate surface area is 236 Å². The van der Waals surface area contributed by atoms with Crippen molar-refractivity contribution in [1.29, 1.82) is 0 Å². The SMILES string of the molecule is COc1cc(COc2nn(-c3ccccc3)cc2/C=C/C2=NCCO2)ccc1OCc1nc(-c2ccco2)oc1C. The van der Waals surface area contributed by atoms with Crippen molar-refractivity contribution < 1.29 is 27.8 Å². The fraction of sp³-hybridized carbons (Fsp3) is 0.194. The molecule has 0 saturated carbocycles. The van der Waals surface area contributed by atoms with Crippen LogP contribution in [-0.4, -0.2) is 40.9 Å². The number of aryl methyl sites for hydroxylation is 1. The molecule has 0 N–H and O–H groups in total. The predicted octanol–water partition coefficient (Wildman–Crippen LogP) is 6.04. The molecule has 0 saturated heterocycles. The third-order valence-electron chi connectivity index (χ3n) is 6.33. The first-order valence-corrected chi connectivity index (χ1v) is 13.1. The van der Waals surface area contributed by atoms with Gasteiger partial charge in [0.25, 0.3) is 5.89 Å². The van der Waals surface area contributed by atoms with Crippen LogP contribution >= 0.6 is 0 Å². The molecule has 4 heterocycles. The Morgan fingerprint density at radius 3 is 2.66 bits per heavy atom. The highest BCUT2D eigenvalue weighted by atomic mass is 16.5. The lowest BCUT2D eigenvalue weighted by molar-refractivity contribution is 0.275. The molecule has 41 heavy (non-hydrogen) atoms. The standard InChI is InChI=1S/C31H28N4O6/c1-21-25(33-31(41-21)27-9-6-15-37-27)20-39-26-12-10-22(17-28(26)36-2)19-40-30-23(11-13-29-32-14-16-38-29)18-35(34-30)24-7-4-3-5-8-24/h3-13,15,17-18H,14,16,19-20H2,1-2H3/b13-11+. The third-order valence-corrected chi connectivity index (χ3v) is 6.33. The normalized spacial score (nSPS) is 12.9. The third kappa shape index (κ3) is 6.01. The Bertz CT molecular complexity index is 1670. The molecule has 0 fully saturated rings. The molecule has 0 atom stereocenters. The van der Waals surface area contributed by atoms with Gasteiger partial charge in [0.05, 0.1) is 31.2 Å². The number of para-hydroxylation sites is 1. The van der Waals surface area contributed by atoms with E-state index in [4.69, 9.17) is 27.8 Å². The minimum Gasteiger partial charge on any atom is -0.493 e. The van der Waals surface area contributed by atoms with Gasteiger partial charge < -0.3 is 27.8 Å². The van der Waals surface area contributed by atoms with Crippen LogP contribution in [0.25, 0.3) is 23.4 Å². The minimum atomic E-state index is 0.212. The average Bonchev–Trinajstić information content (AvgIpc) is 3.82. The Morgan fingerprint density at radius 2 is 1.88 bits per heavy atom. The lowest BCUT2D eigenvalue weighted by Crippen LogP contribution is -2.02. The fourth-order valence-electron chi connectivity index (χ4n) is 4.21. The molecule has 5 aromatic rings. The van der Waals surface area contributed by atoms with Crippen molar-refractivity contribution in [3.8, 4) is 34.7 Å². The molecule has 0 bridgehead atoms. The number of oxazole rings is 1. The first-order valence-electron chi connectivity index (χ1n) is 13.1. The summed E-state index contributed by atoms with van der Waals surface area (Å²) < 4.78 is 36.2. The van der Waals surface area contributed by atoms with Gasteiger partial charge in [0, 0.05) is 12.3 Å². The maximum absolute atomic E-state index is 6.17. The summed E-state index contributed by atoms with van der Waals surface area (Å²) in [6, 6.07) is 19.1. The number of rotatable bonds is 11. The van der Waals surface area contributed by atoms with Crippen LogP contribution in [0.5, 0.6) is 17.4 Å². The van der Waals surface area contributed by atoms with Gasteiger partial charge in [0.1, 0.15) is 31.3 Å². The summed E-state index contributed by atoms with van der Waals surface area (Å²) in [7, 11) is 1.60. The molecule has 1 aliphatic heterocycles. The van der Waals surface area contributed by atoms with Crippen LogP contribution in [0.2, 0.25) is 0 Å². The summed E-state index contributed by atoms with van der Waals surface area (Å²) in [5.41, 5.74) is 3.29. The van der Waals surface area contributed by atoms with E-state index in [0.29, 0.717) is 59.5 Å². The number of ether oxygens (including phenoxy) is 4. The molecule has 0 radical (unpaired) electrons. The van der Waals surface area contributed by atoms with E-state index in [1.54, 1.807) is 30.2 Å². The summed E-state index contributed by atoms with van der Waals surface area (Å²) in [5, 5.41) is 4.68. The molecule has 0 unspecified atom stereocenters. The molecular formula is C31H28N4O6. The summed E-state index contributed by atoms with van der Waals surface area (Å²) in [4.78, 5) is 8.82. The second-order valence-electron chi connectivity index (χ2n) is 9.13. The Morgan fingerprint density at radius 1 is 0.976 bits per heavy atom. The maximum atomic E-state index is 6.17. The van der Waals surface area contributed by atoms with Crippen LogP contribution in [-0.2, 0) is 18.0 Å². The van der Waals surface area contributed by atoms with Crippen molar-refractivity contribution in [3.63, 3.8) is 0 Å². The number of hydrogen-bond donors (Lipinski definition) is 0. The number of aliphatic imine (C=N–C) groups is 1. The molecule has 6 rings (SSSR count). The molecular weight excluding hydrogens is 524 g/mol. The first-order chi connectivity index (χ1) is 20.2. The second-order valence-corrected chi connectivity index (χ2v) is 9.13. The summed E-state index contributed by atoms with van der Waals surface area (Å²) in [6.07, 6.45) is 7.22. The van der Waals surface area contributed by atoms with Crippen molar-refractivity contribution in [2.24, 2.45) is 4.99 Å². The zero-order valence-electron chi connectivity index (χ0n) is 22.6. The summed E-state index contributed by atoms with van der Waals surface area (Å²) in [5.74, 6) is 3.87. The van der Waals surface area contributed by atoms with E-state index in [9.17, 15) is 0 Å². The number of furan rings is 1. The van der Waals surface area contributed by atoms with E-state index in [2.05, 4.69) is 15.1 Å². The number of hydrogen-bond acceptors (Lipinski definition) is 9. The molecule has 1 aliphatic rings. The van der Waals surface area contributed by atoms with E-state index in [1.807, 2.05) is 73.8 Å². The van der Waals surface area contributed by atoms with Crippen LogP contribution in [0, 0.1) is 6.92 Å². The minimum absolute atomic E-state index is 0.212. The van der Waals surface area contributed by atoms with Crippen LogP contribution in [0.4, 0.5) is 0 Å². The van der Waals surface area contributed by atoms with E-state index < -0.39 is 0 Å². The molecule has 10 nitrogen and oxygen atoms in total. The topological polar surface area (TPSA) is 106 Å². The van der Waals surface area contributed by atoms with Crippen molar-refractivity contribution in [1.82, 2.24) is 14.8 Å². The number of benzene rings is 2. The first kappa shape index (κ1) is 26.0. The van der Waals surface area contributed by atoms with Gasteiger partial charge >= 0.3 is 0 Å². The Balaban J connectivity index is 1.16. The van der Waals surface area contributed by atoms with Gasteiger partial charge in [-0.15, -0.1) is 5.10 Å². The van der Waals surface area contributed by atoms with Crippen LogP contribution < -0.4 is 14.2 Å². The molecule has 10 heteroatoms. The smallest absolute Gasteiger partial charge is 0.263 e. The quantitative estimate of drug-likeness (QED) is 0.195. The van der Waals surface area contributed by atoms with Crippen molar-refractivity contribution in [3.05, 3.63) is 102 Å². The number of methoxy groups -OCH3 is 1. The van der Waals surface area contributed by atoms with Gasteiger partial charge in [-0.25, -0.2) is 14.7 Å². The van der Waals surface area contributed by atoms with Gasteiger partial charge in [0.2, 0.25) is 11.8 Å². The lowest BCUT2D eigenvalue weighted by atomic mass is 10.2. The highest BCUT2D eigenvalue weighted by Crippen LogP contribution is 2.31. The van der Waals surface area contributed by atoms with E-state index >= 15 is 0 Å².